The Morgan fingerprint density at radius 3 is 2.27 bits per heavy atom. The lowest BCUT2D eigenvalue weighted by atomic mass is 10.1. The molecule has 166 valence electrons. The fourth-order valence-electron chi connectivity index (χ4n) is 3.28. The maximum Gasteiger partial charge on any atom is 0.407 e. The smallest absolute Gasteiger partial charge is 0.407 e. The van der Waals surface area contributed by atoms with Crippen molar-refractivity contribution >= 4 is 17.9 Å². The fourth-order valence-corrected chi connectivity index (χ4v) is 3.28. The zero-order valence-electron chi connectivity index (χ0n) is 18.4. The molecule has 1 aliphatic heterocycles. The molecule has 0 unspecified atom stereocenters. The van der Waals surface area contributed by atoms with E-state index in [2.05, 4.69) is 5.32 Å². The highest BCUT2D eigenvalue weighted by Gasteiger charge is 2.23. The molecule has 8 nitrogen and oxygen atoms in total. The standard InChI is InChI=1S/C22H33N3O5/c1-22(2,3)30-21(28)23-11-10-19(26)24-12-7-13-25(15-14-24)20(27)16-17-8-5-6-9-18(17)29-4/h5-6,8-9H,7,10-16H2,1-4H3,(H,23,28). The van der Waals surface area contributed by atoms with Crippen LogP contribution in [0.3, 0.4) is 0 Å². The van der Waals surface area contributed by atoms with E-state index < -0.39 is 11.7 Å². The van der Waals surface area contributed by atoms with E-state index in [-0.39, 0.29) is 31.2 Å². The van der Waals surface area contributed by atoms with Gasteiger partial charge < -0.3 is 24.6 Å². The van der Waals surface area contributed by atoms with Crippen molar-refractivity contribution in [3.63, 3.8) is 0 Å². The quantitative estimate of drug-likeness (QED) is 0.764. The van der Waals surface area contributed by atoms with Crippen molar-refractivity contribution in [2.75, 3.05) is 39.8 Å². The third-order valence-electron chi connectivity index (χ3n) is 4.74. The molecule has 3 amide bonds. The second-order valence-corrected chi connectivity index (χ2v) is 8.28. The van der Waals surface area contributed by atoms with Gasteiger partial charge in [0.05, 0.1) is 13.5 Å². The number of carbonyl (C=O) groups excluding carboxylic acids is 3. The Morgan fingerprint density at radius 2 is 1.63 bits per heavy atom. The summed E-state index contributed by atoms with van der Waals surface area (Å²) >= 11 is 0. The number of hydrogen-bond acceptors (Lipinski definition) is 5. The second-order valence-electron chi connectivity index (χ2n) is 8.28. The summed E-state index contributed by atoms with van der Waals surface area (Å²) in [4.78, 5) is 40.4. The van der Waals surface area contributed by atoms with Gasteiger partial charge in [0.1, 0.15) is 11.4 Å². The molecule has 1 N–H and O–H groups in total. The Morgan fingerprint density at radius 1 is 1.00 bits per heavy atom. The van der Waals surface area contributed by atoms with Gasteiger partial charge >= 0.3 is 6.09 Å². The van der Waals surface area contributed by atoms with Gasteiger partial charge in [0.15, 0.2) is 0 Å². The topological polar surface area (TPSA) is 88.2 Å². The number of methoxy groups -OCH3 is 1. The predicted octanol–water partition coefficient (Wildman–Crippen LogP) is 2.21. The highest BCUT2D eigenvalue weighted by molar-refractivity contribution is 5.80. The molecule has 30 heavy (non-hydrogen) atoms. The number of nitrogens with one attached hydrogen (secondary N) is 1. The average molecular weight is 420 g/mol. The van der Waals surface area contributed by atoms with Crippen LogP contribution < -0.4 is 10.1 Å². The van der Waals surface area contributed by atoms with Gasteiger partial charge in [0, 0.05) is 44.7 Å². The molecule has 1 aromatic rings. The van der Waals surface area contributed by atoms with E-state index in [0.29, 0.717) is 31.9 Å². The summed E-state index contributed by atoms with van der Waals surface area (Å²) in [5.74, 6) is 0.695. The van der Waals surface area contributed by atoms with E-state index in [1.54, 1.807) is 37.7 Å². The Bertz CT molecular complexity index is 745. The highest BCUT2D eigenvalue weighted by Crippen LogP contribution is 2.19. The van der Waals surface area contributed by atoms with Crippen LogP contribution in [0.25, 0.3) is 0 Å². The lowest BCUT2D eigenvalue weighted by molar-refractivity contribution is -0.133. The Labute approximate surface area is 178 Å². The molecular weight excluding hydrogens is 386 g/mol. The molecule has 1 fully saturated rings. The van der Waals surface area contributed by atoms with Crippen LogP contribution in [0.1, 0.15) is 39.2 Å². The average Bonchev–Trinajstić information content (AvgIpc) is 2.93. The molecule has 0 atom stereocenters. The molecule has 8 heteroatoms. The molecule has 0 spiro atoms. The summed E-state index contributed by atoms with van der Waals surface area (Å²) in [5, 5.41) is 2.60. The van der Waals surface area contributed by atoms with Crippen LogP contribution in [-0.4, -0.2) is 73.1 Å². The lowest BCUT2D eigenvalue weighted by Gasteiger charge is -2.23. The number of benzene rings is 1. The van der Waals surface area contributed by atoms with Crippen molar-refractivity contribution in [1.29, 1.82) is 0 Å². The highest BCUT2D eigenvalue weighted by atomic mass is 16.6. The molecule has 0 aromatic heterocycles. The summed E-state index contributed by atoms with van der Waals surface area (Å²) < 4.78 is 10.5. The Kier molecular flexibility index (Phi) is 8.50. The van der Waals surface area contributed by atoms with Gasteiger partial charge in [-0.3, -0.25) is 9.59 Å². The number of hydrogen-bond donors (Lipinski definition) is 1. The first-order valence-electron chi connectivity index (χ1n) is 10.3. The first-order chi connectivity index (χ1) is 14.2. The van der Waals surface area contributed by atoms with E-state index in [1.165, 1.54) is 0 Å². The van der Waals surface area contributed by atoms with Crippen molar-refractivity contribution in [3.8, 4) is 5.75 Å². The third kappa shape index (κ3) is 7.57. The van der Waals surface area contributed by atoms with Crippen LogP contribution in [0.15, 0.2) is 24.3 Å². The Hall–Kier alpha value is -2.77. The number of alkyl carbamates (subject to hydrolysis) is 1. The van der Waals surface area contributed by atoms with E-state index in [9.17, 15) is 14.4 Å². The summed E-state index contributed by atoms with van der Waals surface area (Å²) in [6.07, 6.45) is 0.675. The van der Waals surface area contributed by atoms with E-state index in [1.807, 2.05) is 24.3 Å². The minimum Gasteiger partial charge on any atom is -0.496 e. The van der Waals surface area contributed by atoms with Gasteiger partial charge in [-0.15, -0.1) is 0 Å². The van der Waals surface area contributed by atoms with Gasteiger partial charge in [-0.25, -0.2) is 4.79 Å². The van der Waals surface area contributed by atoms with Crippen LogP contribution in [0.5, 0.6) is 5.75 Å². The zero-order valence-corrected chi connectivity index (χ0v) is 18.4. The van der Waals surface area contributed by atoms with Crippen LogP contribution in [0.2, 0.25) is 0 Å². The first kappa shape index (κ1) is 23.5. The molecule has 0 saturated carbocycles. The van der Waals surface area contributed by atoms with Crippen molar-refractivity contribution in [3.05, 3.63) is 29.8 Å². The molecule has 0 radical (unpaired) electrons. The minimum absolute atomic E-state index is 0.0281. The molecule has 1 heterocycles. The predicted molar refractivity (Wildman–Crippen MR) is 113 cm³/mol. The Balaban J connectivity index is 1.79. The molecular formula is C22H33N3O5. The van der Waals surface area contributed by atoms with Crippen molar-refractivity contribution in [1.82, 2.24) is 15.1 Å². The summed E-state index contributed by atoms with van der Waals surface area (Å²) in [6.45, 7) is 7.79. The number of nitrogens with zero attached hydrogens (tertiary/aromatic N) is 2. The van der Waals surface area contributed by atoms with Gasteiger partial charge in [-0.05, 0) is 33.3 Å². The van der Waals surface area contributed by atoms with Gasteiger partial charge in [-0.1, -0.05) is 18.2 Å². The van der Waals surface area contributed by atoms with Gasteiger partial charge in [-0.2, -0.15) is 0 Å². The largest absolute Gasteiger partial charge is 0.496 e. The number of rotatable bonds is 6. The fraction of sp³-hybridized carbons (Fsp3) is 0.591. The normalized spacial score (nSPS) is 14.7. The van der Waals surface area contributed by atoms with Crippen LogP contribution in [0.4, 0.5) is 4.79 Å². The molecule has 0 bridgehead atoms. The summed E-state index contributed by atoms with van der Waals surface area (Å²) in [5.41, 5.74) is 0.286. The number of para-hydroxylation sites is 1. The number of ether oxygens (including phenoxy) is 2. The SMILES string of the molecule is COc1ccccc1CC(=O)N1CCCN(C(=O)CCNC(=O)OC(C)(C)C)CC1. The number of amides is 3. The van der Waals surface area contributed by atoms with Crippen LogP contribution in [-0.2, 0) is 20.7 Å². The maximum absolute atomic E-state index is 12.7. The van der Waals surface area contributed by atoms with Crippen molar-refractivity contribution < 1.29 is 23.9 Å². The molecule has 1 aliphatic rings. The van der Waals surface area contributed by atoms with E-state index in [4.69, 9.17) is 9.47 Å². The summed E-state index contributed by atoms with van der Waals surface area (Å²) in [6, 6.07) is 7.50. The first-order valence-corrected chi connectivity index (χ1v) is 10.3. The van der Waals surface area contributed by atoms with Crippen LogP contribution in [0, 0.1) is 0 Å². The van der Waals surface area contributed by atoms with E-state index in [0.717, 1.165) is 12.0 Å². The van der Waals surface area contributed by atoms with Crippen molar-refractivity contribution in [2.45, 2.75) is 45.6 Å². The van der Waals surface area contributed by atoms with Crippen molar-refractivity contribution in [2.24, 2.45) is 0 Å². The van der Waals surface area contributed by atoms with Gasteiger partial charge in [0.25, 0.3) is 0 Å². The third-order valence-corrected chi connectivity index (χ3v) is 4.74. The zero-order chi connectivity index (χ0) is 22.1. The number of carbonyl (C=O) groups is 3. The van der Waals surface area contributed by atoms with Gasteiger partial charge in [0.2, 0.25) is 11.8 Å². The minimum atomic E-state index is -0.571. The molecule has 0 aliphatic carbocycles. The monoisotopic (exact) mass is 419 g/mol. The molecule has 1 aromatic carbocycles. The van der Waals surface area contributed by atoms with E-state index >= 15 is 0 Å². The second kappa shape index (κ2) is 10.8. The lowest BCUT2D eigenvalue weighted by Crippen LogP contribution is -2.39. The maximum atomic E-state index is 12.7. The summed E-state index contributed by atoms with van der Waals surface area (Å²) in [7, 11) is 1.59. The molecule has 1 saturated heterocycles. The molecule has 2 rings (SSSR count). The van der Waals surface area contributed by atoms with Crippen LogP contribution >= 0.6 is 0 Å².